The fourth-order valence-electron chi connectivity index (χ4n) is 13.9. The van der Waals surface area contributed by atoms with Crippen LogP contribution in [-0.4, -0.2) is 223 Å². The van der Waals surface area contributed by atoms with E-state index in [-0.39, 0.29) is 106 Å². The summed E-state index contributed by atoms with van der Waals surface area (Å²) in [5, 5.41) is 80.5. The summed E-state index contributed by atoms with van der Waals surface area (Å²) in [5.74, 6) is -6.44. The third-order valence-corrected chi connectivity index (χ3v) is 21.3. The van der Waals surface area contributed by atoms with Crippen molar-refractivity contribution in [1.82, 2.24) is 25.8 Å². The van der Waals surface area contributed by atoms with E-state index in [1.165, 1.54) is 49.8 Å². The molecule has 0 aliphatic carbocycles. The molecule has 3 amide bonds. The molecule has 5 aliphatic heterocycles. The number of aromatic nitrogens is 1. The van der Waals surface area contributed by atoms with Crippen LogP contribution in [0, 0.1) is 35.5 Å². The molecule has 2 bridgehead atoms. The van der Waals surface area contributed by atoms with Gasteiger partial charge in [0.05, 0.1) is 41.9 Å². The molecular weight excluding hydrogens is 1240 g/mol. The second kappa shape index (κ2) is 34.7. The quantitative estimate of drug-likeness (QED) is 0.0868. The van der Waals surface area contributed by atoms with Gasteiger partial charge in [0.1, 0.15) is 66.4 Å². The van der Waals surface area contributed by atoms with Crippen LogP contribution in [0.4, 0.5) is 0 Å². The number of hydrogen-bond donors (Lipinski definition) is 9. The normalized spacial score (nSPS) is 41.2. The van der Waals surface area contributed by atoms with Gasteiger partial charge >= 0.3 is 11.9 Å². The number of nitrogens with zero attached hydrogens (tertiary/aromatic N) is 2. The standard InChI is InChI=1S/C68H109N5O20S/c1-16-48-37(4)20-21-51(76)69-24-18-19-36(3)29-45(74)31-46(75)32-53-72-47(35-87-53)62(81)73-27-22-49(56(73)64(83)90-48)94-28-23-52(77)70-25-26-71-55-39(6)33-66(12,84)61(93-65-57(78)38(5)30-40(7)88-65)58(79)59(92-54-34-67(13,86-15)60(80)44(11)89-54)42(9)63(82)91-50(17-2)68(14,85)43(10)41(55)8/h18-21,29,35,37-45,48-50,54-61,65,71,74,78-80,84-85H,16-17,22-28,30-34H2,1-15H3,(H,69,76)(H,70,77)/b19-18+,21-20+,36-29+/t37-,38?,39-,40?,41-,42-,43-,44?,45-,48-,49?,50-,54?,55+,56?,57?,58+,59-,60?,61-,65?,66-,67?,68+/m1/s1. The highest BCUT2D eigenvalue weighted by Gasteiger charge is 2.54. The molecule has 10 unspecified atom stereocenters. The molecule has 6 rings (SSSR count). The smallest absolute Gasteiger partial charge is 0.330 e. The van der Waals surface area contributed by atoms with Gasteiger partial charge in [0.15, 0.2) is 18.3 Å². The molecule has 532 valence electrons. The predicted octanol–water partition coefficient (Wildman–Crippen LogP) is 4.40. The number of aliphatic hydroxyl groups excluding tert-OH is 4. The summed E-state index contributed by atoms with van der Waals surface area (Å²) in [6.45, 7) is 25.2. The molecule has 94 heavy (non-hydrogen) atoms. The zero-order chi connectivity index (χ0) is 69.7. The molecule has 4 saturated heterocycles. The van der Waals surface area contributed by atoms with Crippen LogP contribution >= 0.6 is 11.8 Å². The van der Waals surface area contributed by atoms with E-state index in [0.29, 0.717) is 24.8 Å². The van der Waals surface area contributed by atoms with E-state index in [4.69, 9.17) is 37.6 Å². The van der Waals surface area contributed by atoms with E-state index >= 15 is 0 Å². The molecule has 9 N–H and O–H groups in total. The minimum atomic E-state index is -1.97. The third kappa shape index (κ3) is 20.2. The number of ether oxygens (including phenoxy) is 7. The summed E-state index contributed by atoms with van der Waals surface area (Å²) >= 11 is 1.34. The van der Waals surface area contributed by atoms with Crippen LogP contribution in [0.3, 0.4) is 0 Å². The minimum absolute atomic E-state index is 0.0249. The average Bonchev–Trinajstić information content (AvgIpc) is 0.915. The topological polar surface area (TPSA) is 354 Å². The highest BCUT2D eigenvalue weighted by Crippen LogP contribution is 2.42. The third-order valence-electron chi connectivity index (χ3n) is 20.0. The number of rotatable bonds is 15. The molecule has 25 nitrogen and oxygen atoms in total. The van der Waals surface area contributed by atoms with Crippen LogP contribution < -0.4 is 16.0 Å². The Kier molecular flexibility index (Phi) is 28.9. The number of fused-ring (bicyclic) bond motifs is 3. The molecular formula is C68H109N5O20S. The van der Waals surface area contributed by atoms with Crippen molar-refractivity contribution in [2.75, 3.05) is 39.0 Å². The number of cyclic esters (lactones) is 2. The van der Waals surface area contributed by atoms with Gasteiger partial charge in [-0.25, -0.2) is 9.78 Å². The monoisotopic (exact) mass is 1350 g/mol. The van der Waals surface area contributed by atoms with Crippen LogP contribution in [0.2, 0.25) is 0 Å². The molecule has 0 spiro atoms. The molecule has 0 saturated carbocycles. The van der Waals surface area contributed by atoms with Crippen LogP contribution in [0.1, 0.15) is 165 Å². The number of thioether (sulfide) groups is 1. The number of nitrogens with one attached hydrogen (secondary N) is 3. The number of esters is 2. The Morgan fingerprint density at radius 1 is 0.883 bits per heavy atom. The van der Waals surface area contributed by atoms with Gasteiger partial charge in [-0.3, -0.25) is 24.0 Å². The lowest BCUT2D eigenvalue weighted by molar-refractivity contribution is -0.326. The first kappa shape index (κ1) is 78.3. The Bertz CT molecular complexity index is 2780. The number of carbonyl (C=O) groups is 6. The maximum atomic E-state index is 14.6. The van der Waals surface area contributed by atoms with E-state index in [0.717, 1.165) is 6.26 Å². The summed E-state index contributed by atoms with van der Waals surface area (Å²) in [7, 11) is 1.45. The van der Waals surface area contributed by atoms with Gasteiger partial charge < -0.3 is 89.1 Å². The first-order chi connectivity index (χ1) is 44.2. The van der Waals surface area contributed by atoms with Crippen molar-refractivity contribution in [3.05, 3.63) is 53.8 Å². The Hall–Kier alpha value is -4.68. The molecule has 0 aromatic carbocycles. The van der Waals surface area contributed by atoms with Crippen molar-refractivity contribution in [3.63, 3.8) is 0 Å². The molecule has 4 fully saturated rings. The number of hydrogen-bond acceptors (Lipinski definition) is 23. The lowest BCUT2D eigenvalue weighted by Gasteiger charge is -2.49. The molecule has 0 radical (unpaired) electrons. The number of methoxy groups -OCH3 is 1. The summed E-state index contributed by atoms with van der Waals surface area (Å²) < 4.78 is 49.2. The molecule has 5 aliphatic rings. The Morgan fingerprint density at radius 2 is 1.60 bits per heavy atom. The number of allylic oxidation sites excluding steroid dienone is 2. The largest absolute Gasteiger partial charge is 0.460 e. The molecule has 1 aromatic heterocycles. The van der Waals surface area contributed by atoms with Crippen molar-refractivity contribution in [2.45, 2.75) is 262 Å². The van der Waals surface area contributed by atoms with Crippen LogP contribution in [0.25, 0.3) is 0 Å². The zero-order valence-electron chi connectivity index (χ0n) is 57.7. The lowest BCUT2D eigenvalue weighted by atomic mass is 9.70. The zero-order valence-corrected chi connectivity index (χ0v) is 58.5. The number of Topliss-reactive ketones (excluding diaryl/α,β-unsaturated/α-hetero) is 1. The second-order valence-electron chi connectivity index (χ2n) is 27.6. The highest BCUT2D eigenvalue weighted by atomic mass is 32.2. The first-order valence-corrected chi connectivity index (χ1v) is 34.7. The van der Waals surface area contributed by atoms with Gasteiger partial charge in [-0.15, -0.1) is 0 Å². The second-order valence-corrected chi connectivity index (χ2v) is 29.0. The van der Waals surface area contributed by atoms with Gasteiger partial charge in [-0.05, 0) is 110 Å². The summed E-state index contributed by atoms with van der Waals surface area (Å²) in [6.07, 6.45) is -3.75. The lowest BCUT2D eigenvalue weighted by Crippen LogP contribution is -2.62. The van der Waals surface area contributed by atoms with Crippen molar-refractivity contribution < 1.29 is 97.0 Å². The van der Waals surface area contributed by atoms with Gasteiger partial charge in [0.2, 0.25) is 17.7 Å². The summed E-state index contributed by atoms with van der Waals surface area (Å²) in [6, 6.07) is -1.64. The fourth-order valence-corrected chi connectivity index (χ4v) is 15.3. The van der Waals surface area contributed by atoms with E-state index < -0.39 is 155 Å². The number of oxazole rings is 1. The Balaban J connectivity index is 1.20. The van der Waals surface area contributed by atoms with Crippen LogP contribution in [0.15, 0.2) is 46.6 Å². The maximum absolute atomic E-state index is 14.6. The van der Waals surface area contributed by atoms with Crippen LogP contribution in [-0.2, 0) is 63.6 Å². The van der Waals surface area contributed by atoms with Gasteiger partial charge in [0, 0.05) is 75.5 Å². The average molecular weight is 1350 g/mol. The highest BCUT2D eigenvalue weighted by molar-refractivity contribution is 8.00. The van der Waals surface area contributed by atoms with E-state index in [2.05, 4.69) is 20.9 Å². The summed E-state index contributed by atoms with van der Waals surface area (Å²) in [5.41, 5.74) is -4.23. The van der Waals surface area contributed by atoms with E-state index in [1.807, 2.05) is 48.5 Å². The van der Waals surface area contributed by atoms with Gasteiger partial charge in [0.25, 0.3) is 5.91 Å². The van der Waals surface area contributed by atoms with Crippen molar-refractivity contribution in [2.24, 2.45) is 35.5 Å². The summed E-state index contributed by atoms with van der Waals surface area (Å²) in [4.78, 5) is 88.5. The first-order valence-electron chi connectivity index (χ1n) is 33.6. The van der Waals surface area contributed by atoms with E-state index in [9.17, 15) is 59.4 Å². The number of ketones is 1. The van der Waals surface area contributed by atoms with Crippen molar-refractivity contribution in [3.8, 4) is 0 Å². The molecule has 6 heterocycles. The molecule has 24 atom stereocenters. The predicted molar refractivity (Wildman–Crippen MR) is 348 cm³/mol. The maximum Gasteiger partial charge on any atom is 0.330 e. The molecule has 26 heteroatoms. The van der Waals surface area contributed by atoms with Gasteiger partial charge in [-0.1, -0.05) is 78.3 Å². The Labute approximate surface area is 558 Å². The van der Waals surface area contributed by atoms with Crippen molar-refractivity contribution in [1.29, 1.82) is 0 Å². The number of amides is 3. The van der Waals surface area contributed by atoms with E-state index in [1.54, 1.807) is 52.8 Å². The van der Waals surface area contributed by atoms with Crippen LogP contribution in [0.5, 0.6) is 0 Å². The number of carbonyl (C=O) groups excluding carboxylic acids is 6. The fraction of sp³-hybridized carbons (Fsp3) is 0.779. The molecule has 1 aromatic rings. The Morgan fingerprint density at radius 3 is 2.28 bits per heavy atom. The SMILES string of the molecule is CC[C@H]1OC(=O)C2C(SCCC(=O)NCCN[C@@H]3[C@H](C)[C@@H](C)[C@](C)(O)[C@@H](CC)OC(=O)[C@H](C)[C@@H](OC4CC(C)(OC)C(O)C(C)O4)[C@H](O)[C@@H](OC4OC(C)CC(C)C4O)[C@](C)(O)C[C@H]3C)CCN2C(=O)c2coc(n2)CC(=O)C[C@H](O)/C=C(C)/C=C/CNC(=O)/C=C/[C@H]1C. The number of aliphatic hydroxyl groups is 6. The van der Waals surface area contributed by atoms with Gasteiger partial charge in [-0.2, -0.15) is 11.8 Å². The minimum Gasteiger partial charge on any atom is -0.460 e. The van der Waals surface area contributed by atoms with Crippen molar-refractivity contribution >= 4 is 47.2 Å².